The van der Waals surface area contributed by atoms with Crippen LogP contribution in [0.15, 0.2) is 18.3 Å². The zero-order valence-electron chi connectivity index (χ0n) is 7.42. The lowest BCUT2D eigenvalue weighted by molar-refractivity contribution is 0.0958. The summed E-state index contributed by atoms with van der Waals surface area (Å²) >= 11 is 0. The van der Waals surface area contributed by atoms with Crippen molar-refractivity contribution in [3.63, 3.8) is 0 Å². The fourth-order valence-electron chi connectivity index (χ4n) is 0.803. The summed E-state index contributed by atoms with van der Waals surface area (Å²) in [5, 5.41) is 8.77. The van der Waals surface area contributed by atoms with E-state index in [2.05, 4.69) is 22.1 Å². The number of amides is 1. The lowest BCUT2D eigenvalue weighted by atomic mass is 10.3. The molecule has 0 saturated carbocycles. The highest BCUT2D eigenvalue weighted by atomic mass is 16.1. The van der Waals surface area contributed by atoms with Gasteiger partial charge in [-0.2, -0.15) is 5.10 Å². The third-order valence-corrected chi connectivity index (χ3v) is 1.46. The van der Waals surface area contributed by atoms with Gasteiger partial charge in [0, 0.05) is 6.54 Å². The van der Waals surface area contributed by atoms with Crippen molar-refractivity contribution in [3.8, 4) is 0 Å². The largest absolute Gasteiger partial charge is 0.383 e. The number of hydrogen-bond donors (Lipinski definition) is 3. The molecule has 1 rings (SSSR count). The Morgan fingerprint density at radius 2 is 2.54 bits per heavy atom. The molecule has 1 aromatic rings. The Labute approximate surface area is 76.0 Å². The third kappa shape index (κ3) is 2.33. The predicted molar refractivity (Wildman–Crippen MR) is 50.1 cm³/mol. The molecule has 70 valence electrons. The molecule has 0 unspecified atom stereocenters. The minimum Gasteiger partial charge on any atom is -0.383 e. The summed E-state index contributed by atoms with van der Waals surface area (Å²) in [5.74, 6) is 0.0356. The Bertz CT molecular complexity index is 329. The van der Waals surface area contributed by atoms with Crippen LogP contribution in [0.2, 0.25) is 0 Å². The predicted octanol–water partition coefficient (Wildman–Crippen LogP) is 0.298. The van der Waals surface area contributed by atoms with Gasteiger partial charge in [-0.05, 0) is 6.92 Å². The molecule has 0 aliphatic carbocycles. The lowest BCUT2D eigenvalue weighted by Gasteiger charge is -2.02. The maximum Gasteiger partial charge on any atom is 0.256 e. The fourth-order valence-corrected chi connectivity index (χ4v) is 0.803. The Morgan fingerprint density at radius 1 is 1.85 bits per heavy atom. The summed E-state index contributed by atoms with van der Waals surface area (Å²) in [4.78, 5) is 11.3. The highest BCUT2D eigenvalue weighted by Crippen LogP contribution is 2.04. The first-order chi connectivity index (χ1) is 6.11. The summed E-state index contributed by atoms with van der Waals surface area (Å²) in [6.07, 6.45) is 1.39. The number of aromatic amines is 1. The molecule has 5 nitrogen and oxygen atoms in total. The second kappa shape index (κ2) is 3.75. The summed E-state index contributed by atoms with van der Waals surface area (Å²) in [6.45, 7) is 5.94. The summed E-state index contributed by atoms with van der Waals surface area (Å²) < 4.78 is 0. The minimum absolute atomic E-state index is 0.241. The lowest BCUT2D eigenvalue weighted by Crippen LogP contribution is -2.25. The van der Waals surface area contributed by atoms with Crippen LogP contribution in [-0.2, 0) is 0 Å². The van der Waals surface area contributed by atoms with Gasteiger partial charge in [0.2, 0.25) is 0 Å². The monoisotopic (exact) mass is 180 g/mol. The van der Waals surface area contributed by atoms with E-state index in [1.165, 1.54) is 6.20 Å². The molecule has 0 saturated heterocycles. The smallest absolute Gasteiger partial charge is 0.256 e. The van der Waals surface area contributed by atoms with Crippen LogP contribution >= 0.6 is 0 Å². The van der Waals surface area contributed by atoms with Crippen molar-refractivity contribution in [1.82, 2.24) is 15.5 Å². The SMILES string of the molecule is C=C(C)CNC(=O)c1cn[nH]c1N. The van der Waals surface area contributed by atoms with E-state index in [1.54, 1.807) is 0 Å². The fraction of sp³-hybridized carbons (Fsp3) is 0.250. The Kier molecular flexibility index (Phi) is 2.69. The number of hydrogen-bond acceptors (Lipinski definition) is 3. The first-order valence-electron chi connectivity index (χ1n) is 3.82. The number of nitrogen functional groups attached to an aromatic ring is 1. The standard InChI is InChI=1S/C8H12N4O/c1-5(2)3-10-8(13)6-4-11-12-7(6)9/h4H,1,3H2,2H3,(H,10,13)(H3,9,11,12). The average Bonchev–Trinajstić information content (AvgIpc) is 2.47. The van der Waals surface area contributed by atoms with Gasteiger partial charge in [-0.1, -0.05) is 12.2 Å². The molecule has 1 amide bonds. The zero-order valence-corrected chi connectivity index (χ0v) is 7.42. The Balaban J connectivity index is 2.59. The van der Waals surface area contributed by atoms with Gasteiger partial charge in [-0.3, -0.25) is 9.89 Å². The molecule has 0 radical (unpaired) electrons. The van der Waals surface area contributed by atoms with E-state index in [0.29, 0.717) is 12.1 Å². The van der Waals surface area contributed by atoms with E-state index < -0.39 is 0 Å². The highest BCUT2D eigenvalue weighted by Gasteiger charge is 2.09. The number of H-pyrrole nitrogens is 1. The van der Waals surface area contributed by atoms with Crippen LogP contribution in [0.25, 0.3) is 0 Å². The van der Waals surface area contributed by atoms with Gasteiger partial charge in [-0.15, -0.1) is 0 Å². The second-order valence-electron chi connectivity index (χ2n) is 2.84. The van der Waals surface area contributed by atoms with Gasteiger partial charge < -0.3 is 11.1 Å². The van der Waals surface area contributed by atoms with E-state index >= 15 is 0 Å². The molecule has 1 aromatic heterocycles. The van der Waals surface area contributed by atoms with E-state index in [1.807, 2.05) is 6.92 Å². The number of nitrogens with one attached hydrogen (secondary N) is 2. The molecular weight excluding hydrogens is 168 g/mol. The van der Waals surface area contributed by atoms with Gasteiger partial charge in [0.15, 0.2) is 0 Å². The maximum absolute atomic E-state index is 11.3. The molecule has 0 bridgehead atoms. The van der Waals surface area contributed by atoms with Crippen LogP contribution in [0.3, 0.4) is 0 Å². The van der Waals surface area contributed by atoms with Crippen molar-refractivity contribution in [3.05, 3.63) is 23.9 Å². The van der Waals surface area contributed by atoms with Crippen molar-refractivity contribution >= 4 is 11.7 Å². The molecule has 0 spiro atoms. The quantitative estimate of drug-likeness (QED) is 0.585. The third-order valence-electron chi connectivity index (χ3n) is 1.46. The maximum atomic E-state index is 11.3. The molecular formula is C8H12N4O. The molecule has 0 aliphatic heterocycles. The van der Waals surface area contributed by atoms with Crippen LogP contribution in [-0.4, -0.2) is 22.6 Å². The number of carbonyl (C=O) groups excluding carboxylic acids is 1. The summed E-state index contributed by atoms with van der Waals surface area (Å²) in [5.41, 5.74) is 6.69. The molecule has 0 fully saturated rings. The van der Waals surface area contributed by atoms with E-state index in [-0.39, 0.29) is 11.7 Å². The Hall–Kier alpha value is -1.78. The van der Waals surface area contributed by atoms with Gasteiger partial charge in [0.25, 0.3) is 5.91 Å². The van der Waals surface area contributed by atoms with Crippen molar-refractivity contribution in [2.45, 2.75) is 6.92 Å². The number of aromatic nitrogens is 2. The van der Waals surface area contributed by atoms with Crippen molar-refractivity contribution in [2.75, 3.05) is 12.3 Å². The van der Waals surface area contributed by atoms with Crippen LogP contribution in [0.1, 0.15) is 17.3 Å². The summed E-state index contributed by atoms with van der Waals surface area (Å²) in [6, 6.07) is 0. The highest BCUT2D eigenvalue weighted by molar-refractivity contribution is 5.98. The zero-order chi connectivity index (χ0) is 9.84. The molecule has 1 heterocycles. The van der Waals surface area contributed by atoms with Crippen molar-refractivity contribution in [1.29, 1.82) is 0 Å². The second-order valence-corrected chi connectivity index (χ2v) is 2.84. The number of anilines is 1. The van der Waals surface area contributed by atoms with Gasteiger partial charge in [-0.25, -0.2) is 0 Å². The van der Waals surface area contributed by atoms with Crippen LogP contribution in [0.4, 0.5) is 5.82 Å². The average molecular weight is 180 g/mol. The summed E-state index contributed by atoms with van der Waals surface area (Å²) in [7, 11) is 0. The van der Waals surface area contributed by atoms with Crippen molar-refractivity contribution < 1.29 is 4.79 Å². The van der Waals surface area contributed by atoms with E-state index in [4.69, 9.17) is 5.73 Å². The topological polar surface area (TPSA) is 83.8 Å². The van der Waals surface area contributed by atoms with Crippen LogP contribution in [0, 0.1) is 0 Å². The molecule has 0 atom stereocenters. The van der Waals surface area contributed by atoms with Crippen LogP contribution < -0.4 is 11.1 Å². The van der Waals surface area contributed by atoms with Crippen LogP contribution in [0.5, 0.6) is 0 Å². The molecule has 4 N–H and O–H groups in total. The normalized spacial score (nSPS) is 9.62. The molecule has 0 aliphatic rings. The first kappa shape index (κ1) is 9.31. The number of rotatable bonds is 3. The molecule has 0 aromatic carbocycles. The number of carbonyl (C=O) groups is 1. The Morgan fingerprint density at radius 3 is 3.00 bits per heavy atom. The van der Waals surface area contributed by atoms with E-state index in [9.17, 15) is 4.79 Å². The van der Waals surface area contributed by atoms with Gasteiger partial charge in [0.1, 0.15) is 11.4 Å². The van der Waals surface area contributed by atoms with E-state index in [0.717, 1.165) is 5.57 Å². The number of nitrogens with two attached hydrogens (primary N) is 1. The molecule has 5 heteroatoms. The molecule has 13 heavy (non-hydrogen) atoms. The van der Waals surface area contributed by atoms with Gasteiger partial charge in [0.05, 0.1) is 6.20 Å². The minimum atomic E-state index is -0.241. The van der Waals surface area contributed by atoms with Crippen molar-refractivity contribution in [2.24, 2.45) is 0 Å². The van der Waals surface area contributed by atoms with Gasteiger partial charge >= 0.3 is 0 Å². The first-order valence-corrected chi connectivity index (χ1v) is 3.82. The number of nitrogens with zero attached hydrogens (tertiary/aromatic N) is 1.